The van der Waals surface area contributed by atoms with Crippen LogP contribution in [0.1, 0.15) is 12.8 Å². The van der Waals surface area contributed by atoms with E-state index in [9.17, 15) is 17.9 Å². The molecule has 18 heavy (non-hydrogen) atoms. The van der Waals surface area contributed by atoms with Gasteiger partial charge in [-0.15, -0.1) is 0 Å². The molecule has 100 valence electrons. The maximum Gasteiger partial charge on any atom is 0.242 e. The summed E-state index contributed by atoms with van der Waals surface area (Å²) in [6.45, 7) is -0.0835. The Hall–Kier alpha value is -0.690. The SMILES string of the molecule is O=S(=O)(NCC(O)C1CC1)c1cc(F)ccc1Cl. The van der Waals surface area contributed by atoms with Crippen molar-refractivity contribution in [2.24, 2.45) is 5.92 Å². The fraction of sp³-hybridized carbons (Fsp3) is 0.455. The van der Waals surface area contributed by atoms with Crippen LogP contribution >= 0.6 is 11.6 Å². The Morgan fingerprint density at radius 2 is 2.17 bits per heavy atom. The molecule has 1 aromatic rings. The third-order valence-electron chi connectivity index (χ3n) is 2.83. The van der Waals surface area contributed by atoms with E-state index in [1.807, 2.05) is 0 Å². The van der Waals surface area contributed by atoms with Crippen molar-refractivity contribution in [1.29, 1.82) is 0 Å². The fourth-order valence-corrected chi connectivity index (χ4v) is 3.16. The molecule has 1 aliphatic rings. The Morgan fingerprint density at radius 3 is 2.78 bits per heavy atom. The number of aliphatic hydroxyl groups excluding tert-OH is 1. The molecule has 1 unspecified atom stereocenters. The highest BCUT2D eigenvalue weighted by molar-refractivity contribution is 7.89. The lowest BCUT2D eigenvalue weighted by molar-refractivity contribution is 0.155. The third-order valence-corrected chi connectivity index (χ3v) is 4.74. The topological polar surface area (TPSA) is 66.4 Å². The maximum atomic E-state index is 13.0. The van der Waals surface area contributed by atoms with Gasteiger partial charge in [-0.1, -0.05) is 11.6 Å². The Morgan fingerprint density at radius 1 is 1.50 bits per heavy atom. The van der Waals surface area contributed by atoms with Crippen LogP contribution in [-0.4, -0.2) is 26.2 Å². The van der Waals surface area contributed by atoms with Crippen LogP contribution in [-0.2, 0) is 10.0 Å². The predicted octanol–water partition coefficient (Wildman–Crippen LogP) is 1.53. The van der Waals surface area contributed by atoms with Crippen molar-refractivity contribution in [2.75, 3.05) is 6.54 Å². The van der Waals surface area contributed by atoms with E-state index in [1.54, 1.807) is 0 Å². The molecule has 0 saturated heterocycles. The van der Waals surface area contributed by atoms with Crippen molar-refractivity contribution in [3.63, 3.8) is 0 Å². The molecule has 0 heterocycles. The van der Waals surface area contributed by atoms with Gasteiger partial charge in [0.15, 0.2) is 0 Å². The van der Waals surface area contributed by atoms with Gasteiger partial charge in [0.1, 0.15) is 10.7 Å². The van der Waals surface area contributed by atoms with Gasteiger partial charge in [-0.3, -0.25) is 0 Å². The van der Waals surface area contributed by atoms with Gasteiger partial charge in [-0.05, 0) is 37.0 Å². The number of hydrogen-bond donors (Lipinski definition) is 2. The van der Waals surface area contributed by atoms with E-state index in [2.05, 4.69) is 4.72 Å². The standard InChI is InChI=1S/C11H13ClFNO3S/c12-9-4-3-8(13)5-11(9)18(16,17)14-6-10(15)7-1-2-7/h3-5,7,10,14-15H,1-2,6H2. The van der Waals surface area contributed by atoms with Crippen molar-refractivity contribution in [3.05, 3.63) is 29.0 Å². The zero-order chi connectivity index (χ0) is 13.3. The number of sulfonamides is 1. The van der Waals surface area contributed by atoms with Crippen LogP contribution < -0.4 is 4.72 Å². The van der Waals surface area contributed by atoms with E-state index in [0.29, 0.717) is 0 Å². The normalized spacial score (nSPS) is 17.7. The average Bonchev–Trinajstić information content (AvgIpc) is 3.13. The van der Waals surface area contributed by atoms with Gasteiger partial charge >= 0.3 is 0 Å². The van der Waals surface area contributed by atoms with Gasteiger partial charge in [-0.25, -0.2) is 17.5 Å². The van der Waals surface area contributed by atoms with Crippen LogP contribution in [0, 0.1) is 11.7 Å². The van der Waals surface area contributed by atoms with Crippen molar-refractivity contribution in [3.8, 4) is 0 Å². The second-order valence-corrected chi connectivity index (χ2v) is 6.47. The van der Waals surface area contributed by atoms with Crippen molar-refractivity contribution >= 4 is 21.6 Å². The molecule has 1 atom stereocenters. The lowest BCUT2D eigenvalue weighted by Gasteiger charge is -2.12. The van der Waals surface area contributed by atoms with Crippen LogP contribution in [0.2, 0.25) is 5.02 Å². The quantitative estimate of drug-likeness (QED) is 0.865. The molecule has 2 N–H and O–H groups in total. The first kappa shape index (κ1) is 13.7. The largest absolute Gasteiger partial charge is 0.391 e. The molecule has 4 nitrogen and oxygen atoms in total. The minimum Gasteiger partial charge on any atom is -0.391 e. The van der Waals surface area contributed by atoms with Gasteiger partial charge in [0, 0.05) is 6.54 Å². The molecule has 1 fully saturated rings. The number of rotatable bonds is 5. The van der Waals surface area contributed by atoms with Crippen molar-refractivity contribution < 1.29 is 17.9 Å². The molecule has 0 bridgehead atoms. The molecule has 1 saturated carbocycles. The highest BCUT2D eigenvalue weighted by atomic mass is 35.5. The Kier molecular flexibility index (Phi) is 3.91. The van der Waals surface area contributed by atoms with Gasteiger partial charge in [0.2, 0.25) is 10.0 Å². The number of halogens is 2. The summed E-state index contributed by atoms with van der Waals surface area (Å²) in [5, 5.41) is 9.54. The molecule has 0 radical (unpaired) electrons. The van der Waals surface area contributed by atoms with Crippen LogP contribution in [0.3, 0.4) is 0 Å². The third kappa shape index (κ3) is 3.20. The van der Waals surface area contributed by atoms with Crippen LogP contribution in [0.25, 0.3) is 0 Å². The van der Waals surface area contributed by atoms with Gasteiger partial charge in [0.05, 0.1) is 11.1 Å². The molecule has 1 aromatic carbocycles. The first-order valence-corrected chi connectivity index (χ1v) is 7.39. The number of benzene rings is 1. The Bertz CT molecular complexity index is 545. The molecule has 0 spiro atoms. The Balaban J connectivity index is 2.11. The molecule has 0 amide bonds. The van der Waals surface area contributed by atoms with E-state index in [4.69, 9.17) is 11.6 Å². The highest BCUT2D eigenvalue weighted by Gasteiger charge is 2.30. The lowest BCUT2D eigenvalue weighted by Crippen LogP contribution is -2.33. The number of nitrogens with one attached hydrogen (secondary N) is 1. The first-order valence-electron chi connectivity index (χ1n) is 5.53. The van der Waals surface area contributed by atoms with Gasteiger partial charge in [-0.2, -0.15) is 0 Å². The van der Waals surface area contributed by atoms with E-state index >= 15 is 0 Å². The van der Waals surface area contributed by atoms with Crippen LogP contribution in [0.15, 0.2) is 23.1 Å². The monoisotopic (exact) mass is 293 g/mol. The molecule has 7 heteroatoms. The lowest BCUT2D eigenvalue weighted by atomic mass is 10.2. The summed E-state index contributed by atoms with van der Waals surface area (Å²) in [6, 6.07) is 3.12. The zero-order valence-corrected chi connectivity index (χ0v) is 11.0. The fourth-order valence-electron chi connectivity index (χ4n) is 1.60. The zero-order valence-electron chi connectivity index (χ0n) is 9.44. The molecule has 1 aliphatic carbocycles. The number of hydrogen-bond acceptors (Lipinski definition) is 3. The summed E-state index contributed by atoms with van der Waals surface area (Å²) < 4.78 is 39.0. The van der Waals surface area contributed by atoms with Crippen molar-refractivity contribution in [2.45, 2.75) is 23.8 Å². The van der Waals surface area contributed by atoms with Gasteiger partial charge in [0.25, 0.3) is 0 Å². The van der Waals surface area contributed by atoms with Crippen LogP contribution in [0.4, 0.5) is 4.39 Å². The smallest absolute Gasteiger partial charge is 0.242 e. The molecule has 0 aliphatic heterocycles. The average molecular weight is 294 g/mol. The van der Waals surface area contributed by atoms with E-state index in [1.165, 1.54) is 6.07 Å². The minimum atomic E-state index is -3.90. The minimum absolute atomic E-state index is 0.0511. The molecule has 2 rings (SSSR count). The summed E-state index contributed by atoms with van der Waals surface area (Å²) >= 11 is 5.72. The maximum absolute atomic E-state index is 13.0. The highest BCUT2D eigenvalue weighted by Crippen LogP contribution is 2.32. The van der Waals surface area contributed by atoms with E-state index < -0.39 is 21.9 Å². The number of aliphatic hydroxyl groups is 1. The van der Waals surface area contributed by atoms with E-state index in [-0.39, 0.29) is 22.4 Å². The summed E-state index contributed by atoms with van der Waals surface area (Å²) in [7, 11) is -3.90. The second kappa shape index (κ2) is 5.13. The summed E-state index contributed by atoms with van der Waals surface area (Å²) in [6.07, 6.45) is 1.11. The Labute approximate surface area is 110 Å². The summed E-state index contributed by atoms with van der Waals surface area (Å²) in [5.74, 6) is -0.516. The second-order valence-electron chi connectivity index (χ2n) is 4.33. The molecular formula is C11H13ClFNO3S. The summed E-state index contributed by atoms with van der Waals surface area (Å²) in [5.41, 5.74) is 0. The van der Waals surface area contributed by atoms with Gasteiger partial charge < -0.3 is 5.11 Å². The first-order chi connectivity index (χ1) is 8.40. The predicted molar refractivity (Wildman–Crippen MR) is 65.3 cm³/mol. The molecule has 0 aromatic heterocycles. The van der Waals surface area contributed by atoms with Crippen molar-refractivity contribution in [1.82, 2.24) is 4.72 Å². The summed E-state index contributed by atoms with van der Waals surface area (Å²) in [4.78, 5) is -0.313. The van der Waals surface area contributed by atoms with Crippen LogP contribution in [0.5, 0.6) is 0 Å². The molecular weight excluding hydrogens is 281 g/mol. The van der Waals surface area contributed by atoms with E-state index in [0.717, 1.165) is 25.0 Å².